The van der Waals surface area contributed by atoms with Gasteiger partial charge in [0.25, 0.3) is 0 Å². The molecule has 0 fully saturated rings. The van der Waals surface area contributed by atoms with Crippen molar-refractivity contribution in [2.24, 2.45) is 5.92 Å². The number of methoxy groups -OCH3 is 1. The third kappa shape index (κ3) is 1.87. The summed E-state index contributed by atoms with van der Waals surface area (Å²) in [6.07, 6.45) is 2.55. The highest BCUT2D eigenvalue weighted by atomic mass is 79.9. The number of alkyl halides is 1. The largest absolute Gasteiger partial charge is 0.469 e. The zero-order chi connectivity index (χ0) is 9.14. The van der Waals surface area contributed by atoms with Gasteiger partial charge >= 0.3 is 5.97 Å². The summed E-state index contributed by atoms with van der Waals surface area (Å²) in [4.78, 5) is 11.3. The molecule has 0 saturated heterocycles. The summed E-state index contributed by atoms with van der Waals surface area (Å²) in [5.41, 5.74) is 0.753. The SMILES string of the molecule is COC(=O)[C@H]1C[C@@H](Br)C=C1CO. The maximum absolute atomic E-state index is 11.1. The van der Waals surface area contributed by atoms with E-state index in [1.54, 1.807) is 0 Å². The highest BCUT2D eigenvalue weighted by Crippen LogP contribution is 2.30. The van der Waals surface area contributed by atoms with Gasteiger partial charge in [0, 0.05) is 4.83 Å². The Balaban J connectivity index is 2.68. The minimum Gasteiger partial charge on any atom is -0.469 e. The number of halogens is 1. The third-order valence-electron chi connectivity index (χ3n) is 1.97. The molecule has 1 N–H and O–H groups in total. The average Bonchev–Trinajstić information content (AvgIpc) is 2.45. The number of rotatable bonds is 2. The molecule has 12 heavy (non-hydrogen) atoms. The summed E-state index contributed by atoms with van der Waals surface area (Å²) in [7, 11) is 1.36. The summed E-state index contributed by atoms with van der Waals surface area (Å²) in [6, 6.07) is 0. The standard InChI is InChI=1S/C8H11BrO3/c1-12-8(11)7-3-6(9)2-5(7)4-10/h2,6-7,10H,3-4H2,1H3/t6-,7-/m0/s1. The fourth-order valence-corrected chi connectivity index (χ4v) is 2.06. The Kier molecular flexibility index (Phi) is 3.29. The molecule has 2 atom stereocenters. The second-order valence-corrected chi connectivity index (χ2v) is 3.90. The van der Waals surface area contributed by atoms with E-state index in [9.17, 15) is 4.79 Å². The molecule has 0 heterocycles. The molecule has 0 aromatic heterocycles. The monoisotopic (exact) mass is 234 g/mol. The average molecular weight is 235 g/mol. The quantitative estimate of drug-likeness (QED) is 0.438. The van der Waals surface area contributed by atoms with Gasteiger partial charge in [0.15, 0.2) is 0 Å². The molecule has 0 radical (unpaired) electrons. The van der Waals surface area contributed by atoms with Crippen LogP contribution in [0.2, 0.25) is 0 Å². The van der Waals surface area contributed by atoms with Crippen molar-refractivity contribution in [1.29, 1.82) is 0 Å². The van der Waals surface area contributed by atoms with E-state index in [-0.39, 0.29) is 23.3 Å². The number of carbonyl (C=O) groups excluding carboxylic acids is 1. The molecule has 0 aromatic carbocycles. The Morgan fingerprint density at radius 1 is 1.92 bits per heavy atom. The van der Waals surface area contributed by atoms with Gasteiger partial charge in [-0.05, 0) is 12.0 Å². The van der Waals surface area contributed by atoms with Crippen molar-refractivity contribution < 1.29 is 14.6 Å². The summed E-state index contributed by atoms with van der Waals surface area (Å²) >= 11 is 3.36. The van der Waals surface area contributed by atoms with Gasteiger partial charge in [0.05, 0.1) is 19.6 Å². The van der Waals surface area contributed by atoms with E-state index in [0.29, 0.717) is 6.42 Å². The Morgan fingerprint density at radius 3 is 3.08 bits per heavy atom. The van der Waals surface area contributed by atoms with E-state index in [1.807, 2.05) is 6.08 Å². The molecule has 0 unspecified atom stereocenters. The highest BCUT2D eigenvalue weighted by molar-refractivity contribution is 9.09. The van der Waals surface area contributed by atoms with Gasteiger partial charge in [-0.15, -0.1) is 0 Å². The highest BCUT2D eigenvalue weighted by Gasteiger charge is 2.30. The lowest BCUT2D eigenvalue weighted by molar-refractivity contribution is -0.144. The van der Waals surface area contributed by atoms with Crippen LogP contribution in [0.15, 0.2) is 11.6 Å². The smallest absolute Gasteiger partial charge is 0.312 e. The number of hydrogen-bond acceptors (Lipinski definition) is 3. The van der Waals surface area contributed by atoms with Crippen molar-refractivity contribution in [3.05, 3.63) is 11.6 Å². The molecule has 1 rings (SSSR count). The van der Waals surface area contributed by atoms with Crippen LogP contribution in [0.4, 0.5) is 0 Å². The minimum absolute atomic E-state index is 0.0676. The lowest BCUT2D eigenvalue weighted by Crippen LogP contribution is -2.17. The molecule has 3 nitrogen and oxygen atoms in total. The minimum atomic E-state index is -0.266. The van der Waals surface area contributed by atoms with Crippen molar-refractivity contribution in [2.45, 2.75) is 11.2 Å². The van der Waals surface area contributed by atoms with Gasteiger partial charge in [-0.1, -0.05) is 22.0 Å². The molecule has 0 aromatic rings. The van der Waals surface area contributed by atoms with Gasteiger partial charge in [0.1, 0.15) is 0 Å². The molecule has 1 aliphatic carbocycles. The second-order valence-electron chi connectivity index (χ2n) is 2.73. The van der Waals surface area contributed by atoms with Gasteiger partial charge in [-0.3, -0.25) is 4.79 Å². The lowest BCUT2D eigenvalue weighted by atomic mass is 10.0. The fraction of sp³-hybridized carbons (Fsp3) is 0.625. The normalized spacial score (nSPS) is 28.4. The topological polar surface area (TPSA) is 46.5 Å². The van der Waals surface area contributed by atoms with Crippen LogP contribution < -0.4 is 0 Å². The number of esters is 1. The molecule has 0 bridgehead atoms. The number of aliphatic hydroxyl groups excluding tert-OH is 1. The van der Waals surface area contributed by atoms with Crippen molar-refractivity contribution >= 4 is 21.9 Å². The number of aliphatic hydroxyl groups is 1. The maximum atomic E-state index is 11.1. The van der Waals surface area contributed by atoms with Crippen LogP contribution in [0, 0.1) is 5.92 Å². The predicted molar refractivity (Wildman–Crippen MR) is 48.0 cm³/mol. The van der Waals surface area contributed by atoms with Crippen LogP contribution >= 0.6 is 15.9 Å². The zero-order valence-corrected chi connectivity index (χ0v) is 8.37. The molecular weight excluding hydrogens is 224 g/mol. The van der Waals surface area contributed by atoms with Gasteiger partial charge < -0.3 is 9.84 Å². The predicted octanol–water partition coefficient (Wildman–Crippen LogP) is 0.861. The first kappa shape index (κ1) is 9.74. The van der Waals surface area contributed by atoms with Crippen molar-refractivity contribution in [1.82, 2.24) is 0 Å². The molecule has 0 aliphatic heterocycles. The first-order valence-corrected chi connectivity index (χ1v) is 4.64. The van der Waals surface area contributed by atoms with Gasteiger partial charge in [-0.2, -0.15) is 0 Å². The first-order valence-electron chi connectivity index (χ1n) is 3.72. The van der Waals surface area contributed by atoms with E-state index in [4.69, 9.17) is 5.11 Å². The van der Waals surface area contributed by atoms with Crippen LogP contribution in [-0.4, -0.2) is 29.6 Å². The van der Waals surface area contributed by atoms with Crippen molar-refractivity contribution in [3.63, 3.8) is 0 Å². The Bertz CT molecular complexity index is 212. The van der Waals surface area contributed by atoms with E-state index >= 15 is 0 Å². The Morgan fingerprint density at radius 2 is 2.58 bits per heavy atom. The van der Waals surface area contributed by atoms with E-state index < -0.39 is 0 Å². The van der Waals surface area contributed by atoms with Crippen molar-refractivity contribution in [3.8, 4) is 0 Å². The zero-order valence-electron chi connectivity index (χ0n) is 6.79. The lowest BCUT2D eigenvalue weighted by Gasteiger charge is -2.09. The number of allylic oxidation sites excluding steroid dienone is 1. The first-order chi connectivity index (χ1) is 5.69. The van der Waals surface area contributed by atoms with Crippen LogP contribution in [0.5, 0.6) is 0 Å². The van der Waals surface area contributed by atoms with Crippen LogP contribution in [0.3, 0.4) is 0 Å². The molecule has 68 valence electrons. The van der Waals surface area contributed by atoms with Crippen LogP contribution in [0.25, 0.3) is 0 Å². The van der Waals surface area contributed by atoms with Gasteiger partial charge in [-0.25, -0.2) is 0 Å². The molecule has 1 aliphatic rings. The number of hydrogen-bond donors (Lipinski definition) is 1. The van der Waals surface area contributed by atoms with E-state index in [0.717, 1.165) is 5.57 Å². The third-order valence-corrected chi connectivity index (χ3v) is 2.61. The van der Waals surface area contributed by atoms with Crippen molar-refractivity contribution in [2.75, 3.05) is 13.7 Å². The summed E-state index contributed by atoms with van der Waals surface area (Å²) in [6.45, 7) is -0.0676. The van der Waals surface area contributed by atoms with E-state index in [1.165, 1.54) is 7.11 Å². The fourth-order valence-electron chi connectivity index (χ4n) is 1.35. The second kappa shape index (κ2) is 4.05. The number of carbonyl (C=O) groups is 1. The number of ether oxygens (including phenoxy) is 1. The molecule has 0 spiro atoms. The molecule has 0 amide bonds. The van der Waals surface area contributed by atoms with Crippen LogP contribution in [0.1, 0.15) is 6.42 Å². The molecular formula is C8H11BrO3. The van der Waals surface area contributed by atoms with Gasteiger partial charge in [0.2, 0.25) is 0 Å². The maximum Gasteiger partial charge on any atom is 0.312 e. The molecule has 4 heteroatoms. The summed E-state index contributed by atoms with van der Waals surface area (Å²) < 4.78 is 4.60. The Hall–Kier alpha value is -0.350. The van der Waals surface area contributed by atoms with Crippen LogP contribution in [-0.2, 0) is 9.53 Å². The summed E-state index contributed by atoms with van der Waals surface area (Å²) in [5, 5.41) is 8.90. The summed E-state index contributed by atoms with van der Waals surface area (Å²) in [5.74, 6) is -0.526. The van der Waals surface area contributed by atoms with E-state index in [2.05, 4.69) is 20.7 Å². The molecule has 0 saturated carbocycles. The Labute approximate surface area is 79.5 Å².